The van der Waals surface area contributed by atoms with E-state index in [0.717, 1.165) is 12.2 Å². The summed E-state index contributed by atoms with van der Waals surface area (Å²) in [7, 11) is 0. The predicted molar refractivity (Wildman–Crippen MR) is 67.9 cm³/mol. The van der Waals surface area contributed by atoms with Crippen molar-refractivity contribution in [1.82, 2.24) is 0 Å². The Morgan fingerprint density at radius 1 is 1.21 bits per heavy atom. The molecule has 1 heteroatoms. The summed E-state index contributed by atoms with van der Waals surface area (Å²) in [5, 5.41) is 0. The van der Waals surface area contributed by atoms with Crippen molar-refractivity contribution in [3.63, 3.8) is 0 Å². The molecule has 0 saturated carbocycles. The van der Waals surface area contributed by atoms with Crippen molar-refractivity contribution in [3.05, 3.63) is 41.5 Å². The Morgan fingerprint density at radius 3 is 2.50 bits per heavy atom. The van der Waals surface area contributed by atoms with Gasteiger partial charge in [0, 0.05) is 0 Å². The van der Waals surface area contributed by atoms with Gasteiger partial charge < -0.3 is 0 Å². The van der Waals surface area contributed by atoms with Crippen molar-refractivity contribution in [1.29, 1.82) is 0 Å². The van der Waals surface area contributed by atoms with Crippen LogP contribution < -0.4 is 0 Å². The van der Waals surface area contributed by atoms with Crippen LogP contribution >= 0.6 is 12.6 Å². The number of aryl methyl sites for hydroxylation is 1. The molecule has 0 nitrogen and oxygen atoms in total. The normalized spacial score (nSPS) is 11.0. The number of hydrogen-bond donors (Lipinski definition) is 1. The summed E-state index contributed by atoms with van der Waals surface area (Å²) in [4.78, 5) is 0. The van der Waals surface area contributed by atoms with E-state index >= 15 is 0 Å². The quantitative estimate of drug-likeness (QED) is 0.692. The topological polar surface area (TPSA) is 0 Å². The van der Waals surface area contributed by atoms with Crippen LogP contribution in [0, 0.1) is 0 Å². The monoisotopic (exact) mass is 206 g/mol. The molecule has 0 atom stereocenters. The van der Waals surface area contributed by atoms with Gasteiger partial charge in [-0.2, -0.15) is 12.6 Å². The van der Waals surface area contributed by atoms with Gasteiger partial charge in [0.15, 0.2) is 0 Å². The average molecular weight is 206 g/mol. The highest BCUT2D eigenvalue weighted by Gasteiger charge is 1.90. The molecule has 1 aromatic carbocycles. The molecule has 14 heavy (non-hydrogen) atoms. The molecule has 0 aromatic heterocycles. The van der Waals surface area contributed by atoms with Gasteiger partial charge in [-0.3, -0.25) is 0 Å². The molecule has 1 rings (SSSR count). The van der Waals surface area contributed by atoms with E-state index in [2.05, 4.69) is 56.0 Å². The van der Waals surface area contributed by atoms with E-state index in [9.17, 15) is 0 Å². The van der Waals surface area contributed by atoms with Crippen molar-refractivity contribution in [2.45, 2.75) is 26.2 Å². The second kappa shape index (κ2) is 6.72. The van der Waals surface area contributed by atoms with E-state index < -0.39 is 0 Å². The van der Waals surface area contributed by atoms with Gasteiger partial charge in [-0.15, -0.1) is 0 Å². The van der Waals surface area contributed by atoms with Gasteiger partial charge in [-0.05, 0) is 29.7 Å². The van der Waals surface area contributed by atoms with Crippen LogP contribution in [-0.4, -0.2) is 5.75 Å². The third-order valence-corrected chi connectivity index (χ3v) is 2.38. The molecule has 0 bridgehead atoms. The van der Waals surface area contributed by atoms with E-state index in [4.69, 9.17) is 0 Å². The maximum atomic E-state index is 4.16. The molecule has 0 aliphatic heterocycles. The Balaban J connectivity index is 2.54. The van der Waals surface area contributed by atoms with Crippen LogP contribution in [0.5, 0.6) is 0 Å². The largest absolute Gasteiger partial charge is 0.179 e. The van der Waals surface area contributed by atoms with E-state index in [1.807, 2.05) is 0 Å². The second-order valence-corrected chi connectivity index (χ2v) is 3.85. The first-order valence-corrected chi connectivity index (χ1v) is 5.86. The van der Waals surface area contributed by atoms with Crippen molar-refractivity contribution < 1.29 is 0 Å². The van der Waals surface area contributed by atoms with Gasteiger partial charge in [0.1, 0.15) is 0 Å². The number of benzene rings is 1. The van der Waals surface area contributed by atoms with Crippen LogP contribution in [-0.2, 0) is 6.42 Å². The van der Waals surface area contributed by atoms with Gasteiger partial charge in [-0.1, -0.05) is 49.8 Å². The molecular weight excluding hydrogens is 188 g/mol. The number of allylic oxidation sites excluding steroid dienone is 1. The third kappa shape index (κ3) is 4.01. The molecular formula is C13H18S. The van der Waals surface area contributed by atoms with E-state index in [0.29, 0.717) is 0 Å². The van der Waals surface area contributed by atoms with Crippen LogP contribution in [0.4, 0.5) is 0 Å². The highest BCUT2D eigenvalue weighted by Crippen LogP contribution is 2.08. The number of rotatable bonds is 5. The molecule has 0 aliphatic carbocycles. The lowest BCUT2D eigenvalue weighted by Crippen LogP contribution is -1.82. The highest BCUT2D eigenvalue weighted by atomic mass is 32.1. The molecule has 0 amide bonds. The van der Waals surface area contributed by atoms with Crippen molar-refractivity contribution in [3.8, 4) is 0 Å². The molecule has 0 unspecified atom stereocenters. The standard InChI is InChI=1S/C13H18S/c1-2-5-12-7-9-13(10-8-12)6-3-4-11-14/h3,6-10,14H,2,4-5,11H2,1H3. The molecule has 76 valence electrons. The maximum Gasteiger partial charge on any atom is -0.00632 e. The van der Waals surface area contributed by atoms with Crippen LogP contribution in [0.3, 0.4) is 0 Å². The maximum absolute atomic E-state index is 4.16. The summed E-state index contributed by atoms with van der Waals surface area (Å²) in [6.07, 6.45) is 7.77. The lowest BCUT2D eigenvalue weighted by molar-refractivity contribution is 0.922. The Kier molecular flexibility index (Phi) is 5.46. The fourth-order valence-electron chi connectivity index (χ4n) is 1.38. The molecule has 0 saturated heterocycles. The van der Waals surface area contributed by atoms with Crippen LogP contribution in [0.2, 0.25) is 0 Å². The molecule has 0 spiro atoms. The smallest absolute Gasteiger partial charge is 0.00632 e. The van der Waals surface area contributed by atoms with Crippen molar-refractivity contribution >= 4 is 18.7 Å². The first-order valence-electron chi connectivity index (χ1n) is 5.23. The Morgan fingerprint density at radius 2 is 1.93 bits per heavy atom. The van der Waals surface area contributed by atoms with Crippen molar-refractivity contribution in [2.24, 2.45) is 0 Å². The number of thiol groups is 1. The minimum absolute atomic E-state index is 0.921. The summed E-state index contributed by atoms with van der Waals surface area (Å²) in [6.45, 7) is 2.21. The SMILES string of the molecule is CCCc1ccc(C=CCCS)cc1. The first-order chi connectivity index (χ1) is 6.86. The zero-order chi connectivity index (χ0) is 10.2. The van der Waals surface area contributed by atoms with Gasteiger partial charge in [0.05, 0.1) is 0 Å². The molecule has 0 heterocycles. The molecule has 0 aliphatic rings. The van der Waals surface area contributed by atoms with Gasteiger partial charge >= 0.3 is 0 Å². The molecule has 0 radical (unpaired) electrons. The Labute approximate surface area is 92.5 Å². The summed E-state index contributed by atoms with van der Waals surface area (Å²) >= 11 is 4.16. The minimum Gasteiger partial charge on any atom is -0.179 e. The highest BCUT2D eigenvalue weighted by molar-refractivity contribution is 7.80. The average Bonchev–Trinajstić information content (AvgIpc) is 2.21. The summed E-state index contributed by atoms with van der Waals surface area (Å²) in [6, 6.07) is 8.79. The van der Waals surface area contributed by atoms with E-state index in [-0.39, 0.29) is 0 Å². The Bertz CT molecular complexity index is 272. The Hall–Kier alpha value is -0.690. The van der Waals surface area contributed by atoms with Crippen LogP contribution in [0.1, 0.15) is 30.9 Å². The van der Waals surface area contributed by atoms with Gasteiger partial charge in [0.25, 0.3) is 0 Å². The van der Waals surface area contributed by atoms with Gasteiger partial charge in [-0.25, -0.2) is 0 Å². The fraction of sp³-hybridized carbons (Fsp3) is 0.385. The van der Waals surface area contributed by atoms with Crippen LogP contribution in [0.25, 0.3) is 6.08 Å². The van der Waals surface area contributed by atoms with Crippen LogP contribution in [0.15, 0.2) is 30.3 Å². The number of hydrogen-bond acceptors (Lipinski definition) is 1. The lowest BCUT2D eigenvalue weighted by atomic mass is 10.1. The third-order valence-electron chi connectivity index (χ3n) is 2.12. The zero-order valence-electron chi connectivity index (χ0n) is 8.74. The lowest BCUT2D eigenvalue weighted by Gasteiger charge is -1.98. The summed E-state index contributed by atoms with van der Waals surface area (Å²) < 4.78 is 0. The molecule has 1 aromatic rings. The molecule has 0 N–H and O–H groups in total. The fourth-order valence-corrected chi connectivity index (χ4v) is 1.53. The second-order valence-electron chi connectivity index (χ2n) is 3.41. The van der Waals surface area contributed by atoms with Crippen molar-refractivity contribution in [2.75, 3.05) is 5.75 Å². The molecule has 0 fully saturated rings. The zero-order valence-corrected chi connectivity index (χ0v) is 9.63. The summed E-state index contributed by atoms with van der Waals surface area (Å²) in [5.74, 6) is 0.921. The predicted octanol–water partition coefficient (Wildman–Crippen LogP) is 3.97. The minimum atomic E-state index is 0.921. The van der Waals surface area contributed by atoms with E-state index in [1.54, 1.807) is 0 Å². The van der Waals surface area contributed by atoms with E-state index in [1.165, 1.54) is 24.0 Å². The summed E-state index contributed by atoms with van der Waals surface area (Å²) in [5.41, 5.74) is 2.71. The first kappa shape index (κ1) is 11.4. The van der Waals surface area contributed by atoms with Gasteiger partial charge in [0.2, 0.25) is 0 Å².